The molecule has 0 unspecified atom stereocenters. The predicted octanol–water partition coefficient (Wildman–Crippen LogP) is 3.91. The fourth-order valence-corrected chi connectivity index (χ4v) is 1.92. The molecule has 0 saturated heterocycles. The predicted molar refractivity (Wildman–Crippen MR) is 72.5 cm³/mol. The lowest BCUT2D eigenvalue weighted by atomic mass is 10.1. The molecule has 106 valence electrons. The van der Waals surface area contributed by atoms with E-state index >= 15 is 0 Å². The lowest BCUT2D eigenvalue weighted by Gasteiger charge is -2.14. The zero-order chi connectivity index (χ0) is 14.7. The summed E-state index contributed by atoms with van der Waals surface area (Å²) < 4.78 is 31.5. The Hall–Kier alpha value is -1.94. The molecule has 0 spiro atoms. The topological polar surface area (TPSA) is 29.5 Å². The Morgan fingerprint density at radius 1 is 1.10 bits per heavy atom. The molecule has 2 aromatic rings. The van der Waals surface area contributed by atoms with E-state index in [1.54, 1.807) is 13.0 Å². The van der Waals surface area contributed by atoms with Gasteiger partial charge in [-0.3, -0.25) is 0 Å². The van der Waals surface area contributed by atoms with Crippen molar-refractivity contribution in [1.82, 2.24) is 0 Å². The average Bonchev–Trinajstić information content (AvgIpc) is 2.41. The summed E-state index contributed by atoms with van der Waals surface area (Å²) in [5, 5.41) is 9.72. The van der Waals surface area contributed by atoms with Gasteiger partial charge in [0.2, 0.25) is 0 Å². The van der Waals surface area contributed by atoms with Gasteiger partial charge in [-0.15, -0.1) is 0 Å². The molecule has 0 aliphatic heterocycles. The molecule has 0 heterocycles. The van der Waals surface area contributed by atoms with Gasteiger partial charge in [0, 0.05) is 5.56 Å². The third-order valence-corrected chi connectivity index (χ3v) is 2.99. The van der Waals surface area contributed by atoms with Crippen molar-refractivity contribution >= 4 is 0 Å². The molecule has 2 nitrogen and oxygen atoms in total. The van der Waals surface area contributed by atoms with Crippen molar-refractivity contribution in [2.45, 2.75) is 26.6 Å². The third kappa shape index (κ3) is 3.33. The van der Waals surface area contributed by atoms with E-state index in [-0.39, 0.29) is 6.61 Å². The summed E-state index contributed by atoms with van der Waals surface area (Å²) in [7, 11) is 0. The second-order valence-electron chi connectivity index (χ2n) is 4.75. The lowest BCUT2D eigenvalue weighted by Crippen LogP contribution is -2.02. The molecule has 0 aliphatic carbocycles. The highest BCUT2D eigenvalue weighted by atomic mass is 19.2. The van der Waals surface area contributed by atoms with Crippen molar-refractivity contribution in [3.63, 3.8) is 0 Å². The summed E-state index contributed by atoms with van der Waals surface area (Å²) in [5.74, 6) is -1.24. The molecule has 0 fully saturated rings. The number of aliphatic hydroxyl groups is 1. The highest BCUT2D eigenvalue weighted by molar-refractivity contribution is 5.38. The summed E-state index contributed by atoms with van der Waals surface area (Å²) in [6.07, 6.45) is -0.658. The monoisotopic (exact) mass is 278 g/mol. The molecule has 0 radical (unpaired) electrons. The first-order chi connectivity index (χ1) is 9.47. The maximum Gasteiger partial charge on any atom is 0.159 e. The number of ether oxygens (including phenoxy) is 1. The van der Waals surface area contributed by atoms with Gasteiger partial charge in [-0.2, -0.15) is 0 Å². The van der Waals surface area contributed by atoms with Crippen LogP contribution in [-0.4, -0.2) is 5.11 Å². The first-order valence-corrected chi connectivity index (χ1v) is 6.32. The van der Waals surface area contributed by atoms with Crippen LogP contribution in [-0.2, 0) is 6.61 Å². The van der Waals surface area contributed by atoms with Gasteiger partial charge < -0.3 is 9.84 Å². The summed E-state index contributed by atoms with van der Waals surface area (Å²) in [6, 6.07) is 9.11. The Morgan fingerprint density at radius 3 is 2.50 bits per heavy atom. The normalized spacial score (nSPS) is 12.2. The van der Waals surface area contributed by atoms with E-state index in [2.05, 4.69) is 0 Å². The number of halogens is 2. The van der Waals surface area contributed by atoms with Crippen molar-refractivity contribution < 1.29 is 18.6 Å². The standard InChI is InChI=1S/C16H16F2O2/c1-10-3-6-16(13(7-10)11(2)19)20-9-12-4-5-14(17)15(18)8-12/h3-8,11,19H,9H2,1-2H3/t11-/m1/s1. The molecular formula is C16H16F2O2. The van der Waals surface area contributed by atoms with E-state index in [0.29, 0.717) is 16.9 Å². The van der Waals surface area contributed by atoms with Gasteiger partial charge in [-0.05, 0) is 43.7 Å². The maximum atomic E-state index is 13.1. The molecule has 4 heteroatoms. The van der Waals surface area contributed by atoms with Crippen LogP contribution in [0.1, 0.15) is 29.7 Å². The average molecular weight is 278 g/mol. The van der Waals surface area contributed by atoms with E-state index in [4.69, 9.17) is 4.74 Å². The van der Waals surface area contributed by atoms with Crippen LogP contribution in [0.3, 0.4) is 0 Å². The second kappa shape index (κ2) is 6.01. The Balaban J connectivity index is 2.16. The quantitative estimate of drug-likeness (QED) is 0.919. The summed E-state index contributed by atoms with van der Waals surface area (Å²) in [4.78, 5) is 0. The Labute approximate surface area is 116 Å². The first kappa shape index (κ1) is 14.5. The van der Waals surface area contributed by atoms with Crippen LogP contribution in [0.4, 0.5) is 8.78 Å². The van der Waals surface area contributed by atoms with Gasteiger partial charge >= 0.3 is 0 Å². The number of benzene rings is 2. The molecule has 0 amide bonds. The number of hydrogen-bond donors (Lipinski definition) is 1. The summed E-state index contributed by atoms with van der Waals surface area (Å²) >= 11 is 0. The van der Waals surface area contributed by atoms with Gasteiger partial charge in [0.25, 0.3) is 0 Å². The van der Waals surface area contributed by atoms with Crippen molar-refractivity contribution in [2.24, 2.45) is 0 Å². The van der Waals surface area contributed by atoms with Gasteiger partial charge in [0.15, 0.2) is 11.6 Å². The Morgan fingerprint density at radius 2 is 1.85 bits per heavy atom. The van der Waals surface area contributed by atoms with Crippen LogP contribution in [0.15, 0.2) is 36.4 Å². The van der Waals surface area contributed by atoms with Gasteiger partial charge in [-0.25, -0.2) is 8.78 Å². The van der Waals surface area contributed by atoms with E-state index in [1.807, 2.05) is 19.1 Å². The molecule has 1 N–H and O–H groups in total. The second-order valence-corrected chi connectivity index (χ2v) is 4.75. The summed E-state index contributed by atoms with van der Waals surface area (Å²) in [6.45, 7) is 3.68. The van der Waals surface area contributed by atoms with Crippen molar-refractivity contribution in [1.29, 1.82) is 0 Å². The minimum atomic E-state index is -0.897. The van der Waals surface area contributed by atoms with Crippen LogP contribution in [0.2, 0.25) is 0 Å². The lowest BCUT2D eigenvalue weighted by molar-refractivity contribution is 0.190. The molecule has 0 aromatic heterocycles. The van der Waals surface area contributed by atoms with Crippen molar-refractivity contribution in [3.05, 3.63) is 64.7 Å². The zero-order valence-electron chi connectivity index (χ0n) is 11.4. The molecule has 2 aromatic carbocycles. The SMILES string of the molecule is Cc1ccc(OCc2ccc(F)c(F)c2)c([C@@H](C)O)c1. The molecule has 0 bridgehead atoms. The number of hydrogen-bond acceptors (Lipinski definition) is 2. The highest BCUT2D eigenvalue weighted by Gasteiger charge is 2.10. The Bertz CT molecular complexity index is 609. The van der Waals surface area contributed by atoms with Crippen molar-refractivity contribution in [2.75, 3.05) is 0 Å². The van der Waals surface area contributed by atoms with E-state index in [0.717, 1.165) is 17.7 Å². The number of aliphatic hydroxyl groups excluding tert-OH is 1. The van der Waals surface area contributed by atoms with Crippen LogP contribution in [0.5, 0.6) is 5.75 Å². The van der Waals surface area contributed by atoms with Crippen LogP contribution < -0.4 is 4.74 Å². The third-order valence-electron chi connectivity index (χ3n) is 2.99. The first-order valence-electron chi connectivity index (χ1n) is 6.32. The van der Waals surface area contributed by atoms with Gasteiger partial charge in [0.1, 0.15) is 12.4 Å². The minimum Gasteiger partial charge on any atom is -0.489 e. The van der Waals surface area contributed by atoms with Crippen LogP contribution >= 0.6 is 0 Å². The maximum absolute atomic E-state index is 13.1. The minimum absolute atomic E-state index is 0.111. The number of rotatable bonds is 4. The van der Waals surface area contributed by atoms with Crippen LogP contribution in [0, 0.1) is 18.6 Å². The van der Waals surface area contributed by atoms with Crippen molar-refractivity contribution in [3.8, 4) is 5.75 Å². The largest absolute Gasteiger partial charge is 0.489 e. The molecule has 20 heavy (non-hydrogen) atoms. The van der Waals surface area contributed by atoms with E-state index in [1.165, 1.54) is 6.07 Å². The van der Waals surface area contributed by atoms with E-state index < -0.39 is 17.7 Å². The molecule has 0 aliphatic rings. The van der Waals surface area contributed by atoms with E-state index in [9.17, 15) is 13.9 Å². The van der Waals surface area contributed by atoms with Crippen LogP contribution in [0.25, 0.3) is 0 Å². The highest BCUT2D eigenvalue weighted by Crippen LogP contribution is 2.27. The molecule has 1 atom stereocenters. The summed E-state index contributed by atoms with van der Waals surface area (Å²) in [5.41, 5.74) is 2.22. The van der Waals surface area contributed by atoms with Gasteiger partial charge in [0.05, 0.1) is 6.10 Å². The molecular weight excluding hydrogens is 262 g/mol. The fourth-order valence-electron chi connectivity index (χ4n) is 1.92. The molecule has 2 rings (SSSR count). The Kier molecular flexibility index (Phi) is 4.35. The molecule has 0 saturated carbocycles. The smallest absolute Gasteiger partial charge is 0.159 e. The fraction of sp³-hybridized carbons (Fsp3) is 0.250. The number of aryl methyl sites for hydroxylation is 1. The zero-order valence-corrected chi connectivity index (χ0v) is 11.4. The van der Waals surface area contributed by atoms with Gasteiger partial charge in [-0.1, -0.05) is 17.7 Å².